The molecule has 0 N–H and O–H groups in total. The van der Waals surface area contributed by atoms with Gasteiger partial charge in [0.05, 0.1) is 18.2 Å². The third-order valence-corrected chi connectivity index (χ3v) is 6.55. The first-order valence-electron chi connectivity index (χ1n) is 8.16. The zero-order valence-electron chi connectivity index (χ0n) is 13.9. The minimum absolute atomic E-state index is 0.00234. The van der Waals surface area contributed by atoms with Gasteiger partial charge in [-0.3, -0.25) is 4.90 Å². The van der Waals surface area contributed by atoms with E-state index in [9.17, 15) is 8.42 Å². The van der Waals surface area contributed by atoms with Gasteiger partial charge in [-0.15, -0.1) is 5.10 Å². The summed E-state index contributed by atoms with van der Waals surface area (Å²) >= 11 is 11.2. The molecule has 0 spiro atoms. The summed E-state index contributed by atoms with van der Waals surface area (Å²) in [5.41, 5.74) is 0.791. The fraction of sp³-hybridized carbons (Fsp3) is 0.500. The van der Waals surface area contributed by atoms with Gasteiger partial charge < -0.3 is 4.42 Å². The van der Waals surface area contributed by atoms with E-state index in [0.717, 1.165) is 18.5 Å². The molecule has 2 heterocycles. The third kappa shape index (κ3) is 4.49. The Hall–Kier alpha value is -1.22. The second-order valence-corrected chi connectivity index (χ2v) is 9.20. The maximum atomic E-state index is 11.8. The Balaban J connectivity index is 1.81. The molecule has 0 amide bonds. The predicted octanol–water partition coefficient (Wildman–Crippen LogP) is 3.38. The summed E-state index contributed by atoms with van der Waals surface area (Å²) in [6.45, 7) is 3.27. The summed E-state index contributed by atoms with van der Waals surface area (Å²) in [6.07, 6.45) is 1.57. The van der Waals surface area contributed by atoms with Gasteiger partial charge in [-0.05, 0) is 55.9 Å². The standard InChI is InChI=1S/C16H20ClN3O3S2/c1-2-8-19(14-7-9-25(21,22)10-14)11-20-16(24)23-15(18-20)12-3-5-13(17)6-4-12/h3-6,14H,2,7-11H2,1H3. The van der Waals surface area contributed by atoms with Crippen LogP contribution in [0, 0.1) is 4.84 Å². The molecule has 1 unspecified atom stereocenters. The van der Waals surface area contributed by atoms with Crippen molar-refractivity contribution in [2.45, 2.75) is 32.5 Å². The van der Waals surface area contributed by atoms with Gasteiger partial charge in [0.2, 0.25) is 5.89 Å². The molecular formula is C16H20ClN3O3S2. The van der Waals surface area contributed by atoms with Crippen LogP contribution in [0.25, 0.3) is 11.5 Å². The highest BCUT2D eigenvalue weighted by Crippen LogP contribution is 2.22. The largest absolute Gasteiger partial charge is 0.409 e. The van der Waals surface area contributed by atoms with Crippen molar-refractivity contribution in [1.82, 2.24) is 14.7 Å². The van der Waals surface area contributed by atoms with E-state index in [1.165, 1.54) is 0 Å². The first-order chi connectivity index (χ1) is 11.9. The van der Waals surface area contributed by atoms with E-state index in [4.69, 9.17) is 28.2 Å². The van der Waals surface area contributed by atoms with Crippen LogP contribution in [0.1, 0.15) is 19.8 Å². The molecule has 1 aliphatic rings. The third-order valence-electron chi connectivity index (χ3n) is 4.25. The van der Waals surface area contributed by atoms with Gasteiger partial charge >= 0.3 is 0 Å². The van der Waals surface area contributed by atoms with Crippen molar-refractivity contribution < 1.29 is 12.8 Å². The van der Waals surface area contributed by atoms with Crippen molar-refractivity contribution in [2.75, 3.05) is 18.1 Å². The predicted molar refractivity (Wildman–Crippen MR) is 99.8 cm³/mol. The van der Waals surface area contributed by atoms with Crippen molar-refractivity contribution in [2.24, 2.45) is 0 Å². The minimum atomic E-state index is -2.94. The molecule has 1 atom stereocenters. The second-order valence-electron chi connectivity index (χ2n) is 6.19. The molecule has 6 nitrogen and oxygen atoms in total. The highest BCUT2D eigenvalue weighted by Gasteiger charge is 2.32. The Bertz CT molecular complexity index is 890. The van der Waals surface area contributed by atoms with Crippen molar-refractivity contribution in [1.29, 1.82) is 0 Å². The average Bonchev–Trinajstić information content (AvgIpc) is 3.10. The number of hydrogen-bond acceptors (Lipinski definition) is 6. The summed E-state index contributed by atoms with van der Waals surface area (Å²) in [7, 11) is -2.94. The molecule has 9 heteroatoms. The molecule has 0 radical (unpaired) electrons. The molecule has 1 aliphatic heterocycles. The van der Waals surface area contributed by atoms with E-state index < -0.39 is 9.84 Å². The molecule has 0 aliphatic carbocycles. The van der Waals surface area contributed by atoms with Gasteiger partial charge in [0.25, 0.3) is 4.84 Å². The van der Waals surface area contributed by atoms with Gasteiger partial charge in [-0.25, -0.2) is 13.1 Å². The molecular weight excluding hydrogens is 382 g/mol. The molecule has 136 valence electrons. The summed E-state index contributed by atoms with van der Waals surface area (Å²) in [6, 6.07) is 7.17. The van der Waals surface area contributed by atoms with Crippen LogP contribution < -0.4 is 0 Å². The first kappa shape index (κ1) is 18.6. The Kier molecular flexibility index (Phi) is 5.62. The Morgan fingerprint density at radius 2 is 2.12 bits per heavy atom. The van der Waals surface area contributed by atoms with Crippen LogP contribution in [-0.4, -0.2) is 47.2 Å². The normalized spacial score (nSPS) is 19.6. The van der Waals surface area contributed by atoms with E-state index in [-0.39, 0.29) is 22.4 Å². The summed E-state index contributed by atoms with van der Waals surface area (Å²) in [4.78, 5) is 2.39. The minimum Gasteiger partial charge on any atom is -0.409 e. The van der Waals surface area contributed by atoms with Crippen LogP contribution >= 0.6 is 23.8 Å². The Labute approximate surface area is 157 Å². The van der Waals surface area contributed by atoms with Crippen molar-refractivity contribution in [3.05, 3.63) is 34.1 Å². The Morgan fingerprint density at radius 3 is 2.72 bits per heavy atom. The number of halogens is 1. The van der Waals surface area contributed by atoms with E-state index in [1.54, 1.807) is 16.8 Å². The van der Waals surface area contributed by atoms with Crippen LogP contribution in [0.5, 0.6) is 0 Å². The lowest BCUT2D eigenvalue weighted by atomic mass is 10.2. The summed E-state index contributed by atoms with van der Waals surface area (Å²) in [5, 5.41) is 5.09. The van der Waals surface area contributed by atoms with E-state index >= 15 is 0 Å². The van der Waals surface area contributed by atoms with Gasteiger partial charge in [0, 0.05) is 16.6 Å². The zero-order valence-corrected chi connectivity index (χ0v) is 16.3. The second kappa shape index (κ2) is 7.57. The quantitative estimate of drug-likeness (QED) is 0.691. The number of benzene rings is 1. The molecule has 1 fully saturated rings. The molecule has 0 bridgehead atoms. The van der Waals surface area contributed by atoms with Gasteiger partial charge in [0.1, 0.15) is 0 Å². The lowest BCUT2D eigenvalue weighted by Gasteiger charge is -2.26. The number of aromatic nitrogens is 2. The highest BCUT2D eigenvalue weighted by molar-refractivity contribution is 7.91. The highest BCUT2D eigenvalue weighted by atomic mass is 35.5. The SMILES string of the molecule is CCCN(Cn1nc(-c2ccc(Cl)cc2)oc1=S)C1CCS(=O)(=O)C1. The average molecular weight is 402 g/mol. The molecule has 3 rings (SSSR count). The lowest BCUT2D eigenvalue weighted by Crippen LogP contribution is -2.38. The smallest absolute Gasteiger partial charge is 0.288 e. The van der Waals surface area contributed by atoms with Crippen LogP contribution in [0.2, 0.25) is 5.02 Å². The Morgan fingerprint density at radius 1 is 1.40 bits per heavy atom. The van der Waals surface area contributed by atoms with Crippen molar-refractivity contribution in [3.63, 3.8) is 0 Å². The topological polar surface area (TPSA) is 68.3 Å². The van der Waals surface area contributed by atoms with E-state index in [0.29, 0.717) is 24.0 Å². The van der Waals surface area contributed by atoms with Crippen LogP contribution in [0.3, 0.4) is 0 Å². The molecule has 1 aromatic heterocycles. The van der Waals surface area contributed by atoms with Gasteiger partial charge in [-0.2, -0.15) is 0 Å². The van der Waals surface area contributed by atoms with Crippen molar-refractivity contribution in [3.8, 4) is 11.5 Å². The van der Waals surface area contributed by atoms with Gasteiger partial charge in [-0.1, -0.05) is 18.5 Å². The van der Waals surface area contributed by atoms with Crippen LogP contribution in [0.15, 0.2) is 28.7 Å². The fourth-order valence-electron chi connectivity index (χ4n) is 3.00. The molecule has 0 saturated carbocycles. The molecule has 1 saturated heterocycles. The lowest BCUT2D eigenvalue weighted by molar-refractivity contribution is 0.153. The number of rotatable bonds is 6. The monoisotopic (exact) mass is 401 g/mol. The van der Waals surface area contributed by atoms with E-state index in [1.807, 2.05) is 12.1 Å². The van der Waals surface area contributed by atoms with Crippen LogP contribution in [-0.2, 0) is 16.5 Å². The van der Waals surface area contributed by atoms with E-state index in [2.05, 4.69) is 16.9 Å². The molecule has 2 aromatic rings. The summed E-state index contributed by atoms with van der Waals surface area (Å²) in [5.74, 6) is 0.873. The fourth-order valence-corrected chi connectivity index (χ4v) is 5.06. The first-order valence-corrected chi connectivity index (χ1v) is 10.8. The zero-order chi connectivity index (χ0) is 18.0. The van der Waals surface area contributed by atoms with Gasteiger partial charge in [0.15, 0.2) is 9.84 Å². The number of hydrogen-bond donors (Lipinski definition) is 0. The maximum Gasteiger partial charge on any atom is 0.288 e. The van der Waals surface area contributed by atoms with Crippen LogP contribution in [0.4, 0.5) is 0 Å². The number of nitrogens with zero attached hydrogens (tertiary/aromatic N) is 3. The molecule has 1 aromatic carbocycles. The molecule has 25 heavy (non-hydrogen) atoms. The number of sulfone groups is 1. The summed E-state index contributed by atoms with van der Waals surface area (Å²) < 4.78 is 30.8. The maximum absolute atomic E-state index is 11.8. The van der Waals surface area contributed by atoms with Crippen molar-refractivity contribution >= 4 is 33.7 Å².